The molecule has 0 radical (unpaired) electrons. The minimum absolute atomic E-state index is 0.127. The first-order valence-corrected chi connectivity index (χ1v) is 9.11. The van der Waals surface area contributed by atoms with E-state index in [0.29, 0.717) is 11.1 Å². The molecule has 4 rings (SSSR count). The van der Waals surface area contributed by atoms with Gasteiger partial charge in [0.1, 0.15) is 11.3 Å². The largest absolute Gasteiger partial charge is 0.508 e. The normalized spacial score (nSPS) is 27.5. The summed E-state index contributed by atoms with van der Waals surface area (Å²) in [4.78, 5) is 47.9. The van der Waals surface area contributed by atoms with Crippen LogP contribution in [-0.2, 0) is 20.8 Å². The van der Waals surface area contributed by atoms with Crippen LogP contribution in [0.25, 0.3) is 0 Å². The Morgan fingerprint density at radius 1 is 1.10 bits per heavy atom. The fourth-order valence-electron chi connectivity index (χ4n) is 4.44. The van der Waals surface area contributed by atoms with E-state index in [1.54, 1.807) is 18.2 Å². The number of nitrogens with zero attached hydrogens (tertiary/aromatic N) is 1. The molecular weight excluding hydrogens is 394 g/mol. The van der Waals surface area contributed by atoms with E-state index in [1.807, 2.05) is 0 Å². The Morgan fingerprint density at radius 2 is 1.77 bits per heavy atom. The van der Waals surface area contributed by atoms with Crippen LogP contribution >= 0.6 is 0 Å². The number of carbonyl (C=O) groups is 3. The number of carboxylic acids is 1. The highest BCUT2D eigenvalue weighted by molar-refractivity contribution is 6.09. The number of nitrogens with one attached hydrogen (secondary N) is 2. The van der Waals surface area contributed by atoms with E-state index in [0.717, 1.165) is 0 Å². The fraction of sp³-hybridized carbons (Fsp3) is 0.250. The molecule has 4 atom stereocenters. The van der Waals surface area contributed by atoms with Crippen LogP contribution in [0, 0.1) is 22.0 Å². The zero-order valence-electron chi connectivity index (χ0n) is 15.4. The maximum absolute atomic E-state index is 12.6. The molecule has 2 saturated heterocycles. The maximum atomic E-state index is 12.6. The molecule has 2 fully saturated rings. The van der Waals surface area contributed by atoms with E-state index in [4.69, 9.17) is 0 Å². The molecule has 2 aliphatic heterocycles. The van der Waals surface area contributed by atoms with Crippen molar-refractivity contribution in [2.45, 2.75) is 18.0 Å². The lowest BCUT2D eigenvalue weighted by Gasteiger charge is -2.30. The lowest BCUT2D eigenvalue weighted by Crippen LogP contribution is -2.57. The highest BCUT2D eigenvalue weighted by atomic mass is 16.6. The number of benzene rings is 2. The predicted molar refractivity (Wildman–Crippen MR) is 101 cm³/mol. The Balaban J connectivity index is 1.79. The van der Waals surface area contributed by atoms with Crippen molar-refractivity contribution in [3.05, 3.63) is 69.8 Å². The average molecular weight is 411 g/mol. The zero-order chi connectivity index (χ0) is 21.6. The fourth-order valence-corrected chi connectivity index (χ4v) is 4.44. The van der Waals surface area contributed by atoms with E-state index in [9.17, 15) is 34.7 Å². The number of phenols is 1. The van der Waals surface area contributed by atoms with Crippen LogP contribution < -0.4 is 10.6 Å². The molecule has 2 aromatic carbocycles. The predicted octanol–water partition coefficient (Wildman–Crippen LogP) is 0.900. The number of carboxylic acid groups (broad SMARTS) is 1. The third-order valence-electron chi connectivity index (χ3n) is 5.78. The minimum atomic E-state index is -1.84. The Hall–Kier alpha value is -3.79. The maximum Gasteiger partial charge on any atom is 0.325 e. The molecule has 4 unspecified atom stereocenters. The highest BCUT2D eigenvalue weighted by Gasteiger charge is 2.66. The Morgan fingerprint density at radius 3 is 2.37 bits per heavy atom. The zero-order valence-corrected chi connectivity index (χ0v) is 15.4. The van der Waals surface area contributed by atoms with Gasteiger partial charge in [0.15, 0.2) is 0 Å². The van der Waals surface area contributed by atoms with Crippen LogP contribution in [0.1, 0.15) is 17.2 Å². The molecule has 2 aliphatic rings. The summed E-state index contributed by atoms with van der Waals surface area (Å²) in [6, 6.07) is 10.6. The Bertz CT molecular complexity index is 1070. The van der Waals surface area contributed by atoms with Gasteiger partial charge in [-0.05, 0) is 11.6 Å². The smallest absolute Gasteiger partial charge is 0.325 e. The molecule has 0 saturated carbocycles. The topological polar surface area (TPSA) is 159 Å². The summed E-state index contributed by atoms with van der Waals surface area (Å²) in [5.41, 5.74) is -1.24. The number of fused-ring (bicyclic) bond motifs is 1. The van der Waals surface area contributed by atoms with Gasteiger partial charge in [-0.3, -0.25) is 35.1 Å². The van der Waals surface area contributed by atoms with Crippen LogP contribution in [0.2, 0.25) is 0 Å². The molecule has 0 spiro atoms. The number of para-hydroxylation sites is 1. The van der Waals surface area contributed by atoms with Crippen molar-refractivity contribution in [2.24, 2.45) is 11.8 Å². The van der Waals surface area contributed by atoms with Gasteiger partial charge < -0.3 is 10.2 Å². The molecule has 2 aromatic rings. The number of aromatic hydroxyl groups is 1. The number of nitro groups is 1. The first-order valence-electron chi connectivity index (χ1n) is 9.11. The summed E-state index contributed by atoms with van der Waals surface area (Å²) in [5.74, 6) is -5.03. The van der Waals surface area contributed by atoms with Crippen LogP contribution in [0.5, 0.6) is 5.75 Å². The van der Waals surface area contributed by atoms with Crippen LogP contribution in [0.15, 0.2) is 48.5 Å². The van der Waals surface area contributed by atoms with Crippen LogP contribution in [-0.4, -0.2) is 38.5 Å². The number of hydrogen-bond donors (Lipinski definition) is 4. The van der Waals surface area contributed by atoms with Crippen molar-refractivity contribution in [3.8, 4) is 5.75 Å². The number of hydrogen-bond acceptors (Lipinski definition) is 7. The van der Waals surface area contributed by atoms with E-state index in [1.165, 1.54) is 30.3 Å². The summed E-state index contributed by atoms with van der Waals surface area (Å²) in [5, 5.41) is 36.4. The second-order valence-corrected chi connectivity index (χ2v) is 7.41. The molecule has 2 heterocycles. The monoisotopic (exact) mass is 411 g/mol. The first-order chi connectivity index (χ1) is 14.2. The van der Waals surface area contributed by atoms with Crippen LogP contribution in [0.3, 0.4) is 0 Å². The van der Waals surface area contributed by atoms with Gasteiger partial charge in [-0.2, -0.15) is 0 Å². The van der Waals surface area contributed by atoms with Crippen molar-refractivity contribution >= 4 is 23.5 Å². The number of rotatable bonds is 5. The minimum Gasteiger partial charge on any atom is -0.508 e. The molecule has 2 amide bonds. The molecule has 0 bridgehead atoms. The summed E-state index contributed by atoms with van der Waals surface area (Å²) in [6.45, 7) is 0. The van der Waals surface area contributed by atoms with Gasteiger partial charge in [0.05, 0.1) is 16.8 Å². The first kappa shape index (κ1) is 19.5. The van der Waals surface area contributed by atoms with Crippen molar-refractivity contribution in [3.63, 3.8) is 0 Å². The van der Waals surface area contributed by atoms with Crippen molar-refractivity contribution in [2.75, 3.05) is 0 Å². The van der Waals surface area contributed by atoms with E-state index >= 15 is 0 Å². The summed E-state index contributed by atoms with van der Waals surface area (Å²) in [7, 11) is 0. The van der Waals surface area contributed by atoms with E-state index < -0.39 is 46.1 Å². The molecule has 4 N–H and O–H groups in total. The van der Waals surface area contributed by atoms with Crippen molar-refractivity contribution < 1.29 is 29.5 Å². The number of amides is 2. The standard InChI is InChI=1S/C20H17N3O7/c24-13-4-2-1-3-12(13)16-14-15(18(26)21-17(14)25)20(22-16,19(27)28)9-10-5-7-11(8-6-10)23(29)30/h1-8,14-16,22,24H,9H2,(H,27,28)(H,21,25,26). The number of phenolic OH excluding ortho intramolecular Hbond substituents is 1. The lowest BCUT2D eigenvalue weighted by molar-refractivity contribution is -0.384. The van der Waals surface area contributed by atoms with Crippen LogP contribution in [0.4, 0.5) is 5.69 Å². The molecule has 10 heteroatoms. The molecular formula is C20H17N3O7. The number of non-ortho nitro benzene ring substituents is 1. The molecule has 30 heavy (non-hydrogen) atoms. The summed E-state index contributed by atoms with van der Waals surface area (Å²) >= 11 is 0. The third kappa shape index (κ3) is 2.89. The van der Waals surface area contributed by atoms with Gasteiger partial charge in [0, 0.05) is 30.2 Å². The van der Waals surface area contributed by atoms with Gasteiger partial charge in [-0.15, -0.1) is 0 Å². The third-order valence-corrected chi connectivity index (χ3v) is 5.78. The lowest BCUT2D eigenvalue weighted by atomic mass is 9.76. The number of carbonyl (C=O) groups excluding carboxylic acids is 2. The highest BCUT2D eigenvalue weighted by Crippen LogP contribution is 2.49. The Kier molecular flexibility index (Phi) is 4.50. The summed E-state index contributed by atoms with van der Waals surface area (Å²) in [6.07, 6.45) is -0.188. The number of imide groups is 1. The summed E-state index contributed by atoms with van der Waals surface area (Å²) < 4.78 is 0. The second-order valence-electron chi connectivity index (χ2n) is 7.41. The molecule has 10 nitrogen and oxygen atoms in total. The van der Waals surface area contributed by atoms with Gasteiger partial charge in [0.25, 0.3) is 5.69 Å². The SMILES string of the molecule is O=C1NC(=O)C2C1C(c1ccccc1O)NC2(Cc1ccc([N+](=O)[O-])cc1)C(=O)O. The number of aliphatic carboxylic acids is 1. The second kappa shape index (κ2) is 6.92. The quantitative estimate of drug-likeness (QED) is 0.321. The molecule has 154 valence electrons. The van der Waals surface area contributed by atoms with Gasteiger partial charge in [-0.25, -0.2) is 0 Å². The van der Waals surface area contributed by atoms with Gasteiger partial charge in [-0.1, -0.05) is 30.3 Å². The van der Waals surface area contributed by atoms with Crippen molar-refractivity contribution in [1.82, 2.24) is 10.6 Å². The average Bonchev–Trinajstić information content (AvgIpc) is 3.20. The van der Waals surface area contributed by atoms with E-state index in [-0.39, 0.29) is 17.9 Å². The number of nitro benzene ring substituents is 1. The molecule has 0 aliphatic carbocycles. The Labute approximate surface area is 169 Å². The van der Waals surface area contributed by atoms with Crippen molar-refractivity contribution in [1.29, 1.82) is 0 Å². The molecule has 0 aromatic heterocycles. The van der Waals surface area contributed by atoms with E-state index in [2.05, 4.69) is 10.6 Å². The van der Waals surface area contributed by atoms with Gasteiger partial charge in [0.2, 0.25) is 11.8 Å². The van der Waals surface area contributed by atoms with Gasteiger partial charge >= 0.3 is 5.97 Å².